The van der Waals surface area contributed by atoms with Gasteiger partial charge in [-0.25, -0.2) is 4.98 Å². The Morgan fingerprint density at radius 3 is 3.06 bits per heavy atom. The molecule has 2 heterocycles. The van der Waals surface area contributed by atoms with Gasteiger partial charge in [0.05, 0.1) is 11.5 Å². The summed E-state index contributed by atoms with van der Waals surface area (Å²) in [5, 5.41) is 12.9. The summed E-state index contributed by atoms with van der Waals surface area (Å²) in [6.45, 7) is 1.88. The van der Waals surface area contributed by atoms with Crippen LogP contribution in [0.2, 0.25) is 5.15 Å². The molecule has 1 aromatic heterocycles. The van der Waals surface area contributed by atoms with Crippen LogP contribution in [0.15, 0.2) is 0 Å². The zero-order chi connectivity index (χ0) is 11.5. The van der Waals surface area contributed by atoms with Crippen molar-refractivity contribution in [2.45, 2.75) is 13.0 Å². The first-order chi connectivity index (χ1) is 7.70. The summed E-state index contributed by atoms with van der Waals surface area (Å²) in [7, 11) is 0. The summed E-state index contributed by atoms with van der Waals surface area (Å²) in [6, 6.07) is 0. The summed E-state index contributed by atoms with van der Waals surface area (Å²) in [5.74, 6) is 0.0625. The lowest BCUT2D eigenvalue weighted by Crippen LogP contribution is -2.28. The summed E-state index contributed by atoms with van der Waals surface area (Å²) >= 11 is 7.23. The van der Waals surface area contributed by atoms with Crippen molar-refractivity contribution >= 4 is 34.0 Å². The second kappa shape index (κ2) is 4.99. The van der Waals surface area contributed by atoms with Crippen molar-refractivity contribution in [3.8, 4) is 0 Å². The van der Waals surface area contributed by atoms with Gasteiger partial charge in [0.2, 0.25) is 5.91 Å². The molecule has 0 spiro atoms. The molecular formula is C9H12ClN3O2S. The second-order valence-electron chi connectivity index (χ2n) is 3.46. The van der Waals surface area contributed by atoms with E-state index in [0.29, 0.717) is 29.5 Å². The van der Waals surface area contributed by atoms with E-state index in [0.717, 1.165) is 11.7 Å². The fraction of sp³-hybridized carbons (Fsp3) is 0.556. The van der Waals surface area contributed by atoms with E-state index in [1.165, 1.54) is 11.3 Å². The van der Waals surface area contributed by atoms with Crippen LogP contribution in [0.4, 0.5) is 5.13 Å². The average molecular weight is 262 g/mol. The number of nitrogens with zero attached hydrogens (tertiary/aromatic N) is 2. The highest BCUT2D eigenvalue weighted by molar-refractivity contribution is 7.16. The molecule has 1 saturated heterocycles. The molecule has 0 saturated carbocycles. The second-order valence-corrected chi connectivity index (χ2v) is 4.88. The normalized spacial score (nSPS) is 17.1. The van der Waals surface area contributed by atoms with Crippen LogP contribution in [0.1, 0.15) is 11.3 Å². The SMILES string of the molecule is O=C1CCN(c2nc(Cl)c(CO)s2)CCN1. The van der Waals surface area contributed by atoms with Gasteiger partial charge in [-0.3, -0.25) is 4.79 Å². The lowest BCUT2D eigenvalue weighted by atomic mass is 10.4. The minimum atomic E-state index is -0.0957. The molecule has 88 valence electrons. The molecule has 1 aromatic rings. The van der Waals surface area contributed by atoms with Gasteiger partial charge in [-0.05, 0) is 0 Å². The van der Waals surface area contributed by atoms with Gasteiger partial charge < -0.3 is 15.3 Å². The average Bonchev–Trinajstić information content (AvgIpc) is 2.50. The topological polar surface area (TPSA) is 65.5 Å². The standard InChI is InChI=1S/C9H12ClN3O2S/c10-8-6(5-14)16-9(12-8)13-3-1-7(15)11-2-4-13/h14H,1-5H2,(H,11,15). The number of hydrogen-bond acceptors (Lipinski definition) is 5. The highest BCUT2D eigenvalue weighted by Crippen LogP contribution is 2.29. The lowest BCUT2D eigenvalue weighted by molar-refractivity contribution is -0.120. The first-order valence-corrected chi connectivity index (χ1v) is 6.18. The van der Waals surface area contributed by atoms with Crippen molar-refractivity contribution in [3.05, 3.63) is 10.0 Å². The number of aromatic nitrogens is 1. The maximum atomic E-state index is 11.2. The smallest absolute Gasteiger partial charge is 0.221 e. The molecule has 1 aliphatic heterocycles. The van der Waals surface area contributed by atoms with Crippen molar-refractivity contribution in [3.63, 3.8) is 0 Å². The van der Waals surface area contributed by atoms with Crippen LogP contribution in [0.5, 0.6) is 0 Å². The van der Waals surface area contributed by atoms with Crippen LogP contribution in [-0.4, -0.2) is 35.6 Å². The van der Waals surface area contributed by atoms with Crippen LogP contribution in [0.25, 0.3) is 0 Å². The summed E-state index contributed by atoms with van der Waals surface area (Å²) in [5.41, 5.74) is 0. The van der Waals surface area contributed by atoms with Gasteiger partial charge >= 0.3 is 0 Å². The molecule has 0 radical (unpaired) electrons. The number of aliphatic hydroxyl groups excluding tert-OH is 1. The number of nitrogens with one attached hydrogen (secondary N) is 1. The molecule has 16 heavy (non-hydrogen) atoms. The van der Waals surface area contributed by atoms with Gasteiger partial charge in [-0.1, -0.05) is 22.9 Å². The predicted octanol–water partition coefficient (Wildman–Crippen LogP) is 0.615. The van der Waals surface area contributed by atoms with E-state index in [1.54, 1.807) is 0 Å². The van der Waals surface area contributed by atoms with E-state index >= 15 is 0 Å². The molecular weight excluding hydrogens is 250 g/mol. The summed E-state index contributed by atoms with van der Waals surface area (Å²) in [4.78, 5) is 18.0. The van der Waals surface area contributed by atoms with Crippen molar-refractivity contribution in [1.82, 2.24) is 10.3 Å². The predicted molar refractivity (Wildman–Crippen MR) is 62.9 cm³/mol. The number of aliphatic hydroxyl groups is 1. The van der Waals surface area contributed by atoms with Crippen LogP contribution < -0.4 is 10.2 Å². The largest absolute Gasteiger partial charge is 0.391 e. The number of halogens is 1. The Morgan fingerprint density at radius 1 is 1.56 bits per heavy atom. The summed E-state index contributed by atoms with van der Waals surface area (Å²) < 4.78 is 0. The number of hydrogen-bond donors (Lipinski definition) is 2. The van der Waals surface area contributed by atoms with E-state index in [9.17, 15) is 4.79 Å². The third-order valence-electron chi connectivity index (χ3n) is 2.37. The van der Waals surface area contributed by atoms with Crippen molar-refractivity contribution in [2.24, 2.45) is 0 Å². The number of amides is 1. The lowest BCUT2D eigenvalue weighted by Gasteiger charge is -2.17. The van der Waals surface area contributed by atoms with E-state index < -0.39 is 0 Å². The molecule has 1 aliphatic rings. The Morgan fingerprint density at radius 2 is 2.38 bits per heavy atom. The van der Waals surface area contributed by atoms with Crippen LogP contribution in [0, 0.1) is 0 Å². The first kappa shape index (κ1) is 11.6. The van der Waals surface area contributed by atoms with Gasteiger partial charge in [0, 0.05) is 26.1 Å². The molecule has 1 fully saturated rings. The molecule has 0 bridgehead atoms. The highest BCUT2D eigenvalue weighted by Gasteiger charge is 2.18. The Labute approximate surface area is 102 Å². The molecule has 1 amide bonds. The number of rotatable bonds is 2. The molecule has 0 atom stereocenters. The number of carbonyl (C=O) groups is 1. The van der Waals surface area contributed by atoms with E-state index in [4.69, 9.17) is 16.7 Å². The van der Waals surface area contributed by atoms with Crippen LogP contribution in [-0.2, 0) is 11.4 Å². The van der Waals surface area contributed by atoms with Crippen molar-refractivity contribution < 1.29 is 9.90 Å². The Balaban J connectivity index is 2.13. The van der Waals surface area contributed by atoms with Gasteiger partial charge in [-0.15, -0.1) is 0 Å². The van der Waals surface area contributed by atoms with Crippen LogP contribution >= 0.6 is 22.9 Å². The van der Waals surface area contributed by atoms with E-state index in [2.05, 4.69) is 10.3 Å². The van der Waals surface area contributed by atoms with E-state index in [-0.39, 0.29) is 12.5 Å². The molecule has 2 rings (SSSR count). The van der Waals surface area contributed by atoms with Crippen molar-refractivity contribution in [1.29, 1.82) is 0 Å². The third kappa shape index (κ3) is 2.45. The third-order valence-corrected chi connectivity index (χ3v) is 3.89. The monoisotopic (exact) mass is 261 g/mol. The zero-order valence-electron chi connectivity index (χ0n) is 8.57. The molecule has 0 unspecified atom stereocenters. The Bertz CT molecular complexity index is 396. The Kier molecular flexibility index (Phi) is 3.63. The minimum Gasteiger partial charge on any atom is -0.391 e. The van der Waals surface area contributed by atoms with E-state index in [1.807, 2.05) is 4.90 Å². The fourth-order valence-electron chi connectivity index (χ4n) is 1.51. The zero-order valence-corrected chi connectivity index (χ0v) is 10.1. The van der Waals surface area contributed by atoms with Crippen LogP contribution in [0.3, 0.4) is 0 Å². The number of anilines is 1. The molecule has 2 N–H and O–H groups in total. The minimum absolute atomic E-state index is 0.0625. The summed E-state index contributed by atoms with van der Waals surface area (Å²) in [6.07, 6.45) is 0.464. The number of carbonyl (C=O) groups excluding carboxylic acids is 1. The number of thiazole rings is 1. The fourth-order valence-corrected chi connectivity index (χ4v) is 2.68. The first-order valence-electron chi connectivity index (χ1n) is 4.98. The Hall–Kier alpha value is -0.850. The molecule has 0 aromatic carbocycles. The van der Waals surface area contributed by atoms with Gasteiger partial charge in [0.25, 0.3) is 0 Å². The van der Waals surface area contributed by atoms with Crippen molar-refractivity contribution in [2.75, 3.05) is 24.5 Å². The van der Waals surface area contributed by atoms with Gasteiger partial charge in [0.1, 0.15) is 5.15 Å². The quantitative estimate of drug-likeness (QED) is 0.819. The maximum absolute atomic E-state index is 11.2. The van der Waals surface area contributed by atoms with Gasteiger partial charge in [0.15, 0.2) is 5.13 Å². The van der Waals surface area contributed by atoms with Gasteiger partial charge in [-0.2, -0.15) is 0 Å². The maximum Gasteiger partial charge on any atom is 0.221 e. The highest BCUT2D eigenvalue weighted by atomic mass is 35.5. The molecule has 0 aliphatic carbocycles. The molecule has 5 nitrogen and oxygen atoms in total. The molecule has 7 heteroatoms.